The van der Waals surface area contributed by atoms with Gasteiger partial charge in [-0.05, 0) is 26.3 Å². The molecule has 0 saturated heterocycles. The minimum absolute atomic E-state index is 0.0367. The van der Waals surface area contributed by atoms with E-state index in [1.54, 1.807) is 17.6 Å². The monoisotopic (exact) mass is 315 g/mol. The number of ether oxygens (including phenoxy) is 1. The molecule has 0 aliphatic rings. The number of hydrogen-bond donors (Lipinski definition) is 1. The first-order valence-electron chi connectivity index (χ1n) is 7.81. The summed E-state index contributed by atoms with van der Waals surface area (Å²) >= 11 is 0. The number of nitrogens with zero attached hydrogens (tertiary/aromatic N) is 1. The first kappa shape index (κ1) is 18.6. The second-order valence-electron chi connectivity index (χ2n) is 4.83. The number of para-hydroxylation sites is 1. The van der Waals surface area contributed by atoms with Crippen molar-refractivity contribution in [3.63, 3.8) is 0 Å². The Bertz CT molecular complexity index is 683. The number of benzene rings is 1. The quantitative estimate of drug-likeness (QED) is 0.643. The highest BCUT2D eigenvalue weighted by molar-refractivity contribution is 6.07. The Balaban J connectivity index is 0.000000816. The van der Waals surface area contributed by atoms with E-state index in [4.69, 9.17) is 4.74 Å². The largest absolute Gasteiger partial charge is 0.494 e. The van der Waals surface area contributed by atoms with Crippen LogP contribution < -0.4 is 0 Å². The lowest BCUT2D eigenvalue weighted by Crippen LogP contribution is -2.04. The van der Waals surface area contributed by atoms with Gasteiger partial charge < -0.3 is 14.4 Å². The first-order valence-corrected chi connectivity index (χ1v) is 7.81. The van der Waals surface area contributed by atoms with Crippen molar-refractivity contribution in [2.75, 3.05) is 6.61 Å². The maximum absolute atomic E-state index is 12.0. The van der Waals surface area contributed by atoms with Crippen molar-refractivity contribution in [1.29, 1.82) is 0 Å². The van der Waals surface area contributed by atoms with Gasteiger partial charge in [0.25, 0.3) is 0 Å². The third-order valence-corrected chi connectivity index (χ3v) is 3.11. The molecule has 0 radical (unpaired) electrons. The molecule has 0 amide bonds. The second kappa shape index (κ2) is 9.51. The third kappa shape index (κ3) is 4.49. The Kier molecular flexibility index (Phi) is 7.67. The standard InChI is InChI=1S/C16H19NO3.C3H6/c1-3-5-8-11-17-13-10-7-6-9-12(13)14(15(17)18)16(19)20-4-2;1-3-2/h5-10,18H,3-4,11H2,1-2H3;3H,1H2,2H3/b8-5+;. The predicted octanol–water partition coefficient (Wildman–Crippen LogP) is 4.68. The van der Waals surface area contributed by atoms with Crippen molar-refractivity contribution in [1.82, 2.24) is 4.57 Å². The summed E-state index contributed by atoms with van der Waals surface area (Å²) in [6.45, 7) is 9.86. The number of rotatable bonds is 5. The fourth-order valence-electron chi connectivity index (χ4n) is 2.23. The second-order valence-corrected chi connectivity index (χ2v) is 4.83. The van der Waals surface area contributed by atoms with Crippen LogP contribution in [0.15, 0.2) is 49.1 Å². The van der Waals surface area contributed by atoms with E-state index in [0.29, 0.717) is 11.9 Å². The zero-order valence-electron chi connectivity index (χ0n) is 14.1. The Morgan fingerprint density at radius 1 is 1.30 bits per heavy atom. The molecule has 4 heteroatoms. The molecule has 1 aromatic heterocycles. The molecule has 1 aromatic carbocycles. The van der Waals surface area contributed by atoms with Crippen LogP contribution in [-0.4, -0.2) is 22.2 Å². The maximum atomic E-state index is 12.0. The van der Waals surface area contributed by atoms with Crippen molar-refractivity contribution in [3.8, 4) is 5.88 Å². The molecule has 4 nitrogen and oxygen atoms in total. The minimum atomic E-state index is -0.487. The Morgan fingerprint density at radius 2 is 1.96 bits per heavy atom. The van der Waals surface area contributed by atoms with E-state index in [0.717, 1.165) is 11.9 Å². The molecule has 1 heterocycles. The van der Waals surface area contributed by atoms with Gasteiger partial charge in [0.2, 0.25) is 5.88 Å². The van der Waals surface area contributed by atoms with Gasteiger partial charge in [0.1, 0.15) is 5.56 Å². The molecule has 1 N–H and O–H groups in total. The number of aromatic hydroxyl groups is 1. The van der Waals surface area contributed by atoms with E-state index < -0.39 is 5.97 Å². The molecule has 23 heavy (non-hydrogen) atoms. The van der Waals surface area contributed by atoms with Crippen LogP contribution in [-0.2, 0) is 11.3 Å². The van der Waals surface area contributed by atoms with Crippen molar-refractivity contribution in [2.24, 2.45) is 0 Å². The van der Waals surface area contributed by atoms with Gasteiger partial charge >= 0.3 is 5.97 Å². The van der Waals surface area contributed by atoms with Gasteiger partial charge in [-0.2, -0.15) is 0 Å². The minimum Gasteiger partial charge on any atom is -0.494 e. The van der Waals surface area contributed by atoms with E-state index in [9.17, 15) is 9.90 Å². The van der Waals surface area contributed by atoms with Gasteiger partial charge in [-0.25, -0.2) is 4.79 Å². The number of esters is 1. The highest BCUT2D eigenvalue weighted by Gasteiger charge is 2.22. The van der Waals surface area contributed by atoms with Crippen molar-refractivity contribution >= 4 is 16.9 Å². The molecule has 0 saturated carbocycles. The van der Waals surface area contributed by atoms with Crippen LogP contribution in [0.4, 0.5) is 0 Å². The molecule has 2 aromatic rings. The van der Waals surface area contributed by atoms with E-state index in [1.807, 2.05) is 50.3 Å². The fourth-order valence-corrected chi connectivity index (χ4v) is 2.23. The SMILES string of the molecule is C=CC.CC/C=C/Cn1c(O)c(C(=O)OCC)c2ccccc21. The molecule has 0 bridgehead atoms. The summed E-state index contributed by atoms with van der Waals surface area (Å²) in [6.07, 6.45) is 6.68. The summed E-state index contributed by atoms with van der Waals surface area (Å²) in [6, 6.07) is 7.44. The van der Waals surface area contributed by atoms with Gasteiger partial charge in [-0.3, -0.25) is 0 Å². The first-order chi connectivity index (χ1) is 11.1. The summed E-state index contributed by atoms with van der Waals surface area (Å²) in [5.41, 5.74) is 1.07. The topological polar surface area (TPSA) is 51.5 Å². The van der Waals surface area contributed by atoms with E-state index in [-0.39, 0.29) is 18.1 Å². The number of carbonyl (C=O) groups excluding carboxylic acids is 1. The summed E-state index contributed by atoms with van der Waals surface area (Å²) in [5, 5.41) is 11.1. The van der Waals surface area contributed by atoms with E-state index in [1.165, 1.54) is 0 Å². The summed E-state index contributed by atoms with van der Waals surface area (Å²) in [5.74, 6) is -0.523. The molecule has 0 unspecified atom stereocenters. The van der Waals surface area contributed by atoms with Gasteiger partial charge in [0, 0.05) is 11.9 Å². The Labute approximate surface area is 137 Å². The highest BCUT2D eigenvalue weighted by atomic mass is 16.5. The average Bonchev–Trinajstić information content (AvgIpc) is 2.81. The van der Waals surface area contributed by atoms with Crippen LogP contribution in [0, 0.1) is 0 Å². The summed E-state index contributed by atoms with van der Waals surface area (Å²) in [4.78, 5) is 12.0. The average molecular weight is 315 g/mol. The molecular weight excluding hydrogens is 290 g/mol. The van der Waals surface area contributed by atoms with Crippen LogP contribution in [0.1, 0.15) is 37.6 Å². The maximum Gasteiger partial charge on any atom is 0.344 e. The number of aromatic nitrogens is 1. The van der Waals surface area contributed by atoms with Gasteiger partial charge in [0.05, 0.1) is 12.1 Å². The van der Waals surface area contributed by atoms with Gasteiger partial charge in [-0.1, -0.05) is 43.4 Å². The predicted molar refractivity (Wildman–Crippen MR) is 94.9 cm³/mol. The molecule has 0 aliphatic heterocycles. The number of fused-ring (bicyclic) bond motifs is 1. The fraction of sp³-hybridized carbons (Fsp3) is 0.316. The third-order valence-electron chi connectivity index (χ3n) is 3.11. The molecule has 2 rings (SSSR count). The van der Waals surface area contributed by atoms with E-state index in [2.05, 4.69) is 6.58 Å². The van der Waals surface area contributed by atoms with Crippen LogP contribution in [0.25, 0.3) is 10.9 Å². The summed E-state index contributed by atoms with van der Waals surface area (Å²) < 4.78 is 6.74. The highest BCUT2D eigenvalue weighted by Crippen LogP contribution is 2.31. The molecule has 0 atom stereocenters. The lowest BCUT2D eigenvalue weighted by molar-refractivity contribution is 0.0525. The smallest absolute Gasteiger partial charge is 0.344 e. The lowest BCUT2D eigenvalue weighted by atomic mass is 10.2. The van der Waals surface area contributed by atoms with Crippen molar-refractivity contribution in [3.05, 3.63) is 54.6 Å². The number of hydrogen-bond acceptors (Lipinski definition) is 3. The summed E-state index contributed by atoms with van der Waals surface area (Å²) in [7, 11) is 0. The number of carbonyl (C=O) groups is 1. The molecular formula is C19H25NO3. The van der Waals surface area contributed by atoms with Crippen LogP contribution in [0.5, 0.6) is 5.88 Å². The number of allylic oxidation sites excluding steroid dienone is 3. The van der Waals surface area contributed by atoms with E-state index >= 15 is 0 Å². The van der Waals surface area contributed by atoms with Gasteiger partial charge in [-0.15, -0.1) is 6.58 Å². The molecule has 124 valence electrons. The van der Waals surface area contributed by atoms with Crippen molar-refractivity contribution < 1.29 is 14.6 Å². The zero-order chi connectivity index (χ0) is 17.2. The van der Waals surface area contributed by atoms with Crippen molar-refractivity contribution in [2.45, 2.75) is 33.7 Å². The Hall–Kier alpha value is -2.49. The van der Waals surface area contributed by atoms with Crippen LogP contribution in [0.2, 0.25) is 0 Å². The van der Waals surface area contributed by atoms with Gasteiger partial charge in [0.15, 0.2) is 0 Å². The van der Waals surface area contributed by atoms with Crippen LogP contribution in [0.3, 0.4) is 0 Å². The molecule has 0 fully saturated rings. The lowest BCUT2D eigenvalue weighted by Gasteiger charge is -2.03. The molecule has 0 aliphatic carbocycles. The Morgan fingerprint density at radius 3 is 2.57 bits per heavy atom. The normalized spacial score (nSPS) is 10.4. The zero-order valence-corrected chi connectivity index (χ0v) is 14.1. The van der Waals surface area contributed by atoms with Crippen LogP contribution >= 0.6 is 0 Å². The molecule has 0 spiro atoms.